The third kappa shape index (κ3) is 5.22. The minimum Gasteiger partial charge on any atom is -0.507 e. The minimum atomic E-state index is -0.839. The van der Waals surface area contributed by atoms with Gasteiger partial charge in [0.15, 0.2) is 11.5 Å². The summed E-state index contributed by atoms with van der Waals surface area (Å²) in [6.07, 6.45) is 0. The molecule has 3 aromatic rings. The first-order valence-corrected chi connectivity index (χ1v) is 11.8. The van der Waals surface area contributed by atoms with Crippen molar-refractivity contribution in [2.24, 2.45) is 0 Å². The molecule has 1 atom stereocenters. The van der Waals surface area contributed by atoms with Crippen molar-refractivity contribution in [3.63, 3.8) is 0 Å². The third-order valence-corrected chi connectivity index (χ3v) is 6.29. The lowest BCUT2D eigenvalue weighted by atomic mass is 9.95. The number of aliphatic hydroxyl groups is 1. The van der Waals surface area contributed by atoms with Crippen molar-refractivity contribution in [3.05, 3.63) is 83.4 Å². The van der Waals surface area contributed by atoms with Crippen LogP contribution in [0.25, 0.3) is 5.76 Å². The van der Waals surface area contributed by atoms with Gasteiger partial charge in [0.2, 0.25) is 0 Å². The Morgan fingerprint density at radius 2 is 1.34 bits per heavy atom. The number of hydrogen-bond acceptors (Lipinski definition) is 8. The molecule has 0 aliphatic carbocycles. The van der Waals surface area contributed by atoms with E-state index in [1.54, 1.807) is 80.9 Å². The van der Waals surface area contributed by atoms with Gasteiger partial charge in [-0.25, -0.2) is 0 Å². The van der Waals surface area contributed by atoms with Crippen molar-refractivity contribution in [2.75, 3.05) is 41.6 Å². The molecule has 9 heteroatoms. The highest BCUT2D eigenvalue weighted by Gasteiger charge is 2.46. The van der Waals surface area contributed by atoms with Gasteiger partial charge in [-0.2, -0.15) is 0 Å². The van der Waals surface area contributed by atoms with Gasteiger partial charge in [-0.05, 0) is 60.2 Å². The van der Waals surface area contributed by atoms with Crippen LogP contribution in [0.1, 0.15) is 17.2 Å². The van der Waals surface area contributed by atoms with Crippen LogP contribution < -0.4 is 23.7 Å². The Hall–Kier alpha value is -4.66. The fourth-order valence-corrected chi connectivity index (χ4v) is 4.32. The summed E-state index contributed by atoms with van der Waals surface area (Å²) in [6.45, 7) is 0.235. The zero-order chi connectivity index (χ0) is 27.2. The maximum absolute atomic E-state index is 13.3. The first-order valence-electron chi connectivity index (χ1n) is 11.8. The van der Waals surface area contributed by atoms with Gasteiger partial charge in [0, 0.05) is 5.56 Å². The summed E-state index contributed by atoms with van der Waals surface area (Å²) in [4.78, 5) is 27.9. The molecule has 1 unspecified atom stereocenters. The van der Waals surface area contributed by atoms with Crippen molar-refractivity contribution >= 4 is 17.4 Å². The Morgan fingerprint density at radius 1 is 0.763 bits per heavy atom. The quantitative estimate of drug-likeness (QED) is 0.241. The number of likely N-dealkylation sites (tertiary alicyclic amines) is 1. The van der Waals surface area contributed by atoms with Gasteiger partial charge in [0.25, 0.3) is 11.7 Å². The molecule has 4 rings (SSSR count). The predicted octanol–water partition coefficient (Wildman–Crippen LogP) is 4.22. The van der Waals surface area contributed by atoms with Crippen LogP contribution in [0, 0.1) is 0 Å². The Bertz CT molecular complexity index is 1330. The van der Waals surface area contributed by atoms with E-state index in [-0.39, 0.29) is 24.5 Å². The smallest absolute Gasteiger partial charge is 0.295 e. The summed E-state index contributed by atoms with van der Waals surface area (Å²) in [5.41, 5.74) is 0.918. The van der Waals surface area contributed by atoms with Crippen LogP contribution >= 0.6 is 0 Å². The number of rotatable bonds is 10. The molecule has 38 heavy (non-hydrogen) atoms. The fourth-order valence-electron chi connectivity index (χ4n) is 4.32. The molecule has 1 aliphatic rings. The number of nitrogens with zero attached hydrogens (tertiary/aromatic N) is 1. The fraction of sp³-hybridized carbons (Fsp3) is 0.241. The summed E-state index contributed by atoms with van der Waals surface area (Å²) in [7, 11) is 6.10. The molecule has 1 amide bonds. The molecule has 0 saturated carbocycles. The molecular formula is C29H29NO8. The van der Waals surface area contributed by atoms with Crippen LogP contribution in [-0.2, 0) is 9.59 Å². The first-order chi connectivity index (χ1) is 18.4. The van der Waals surface area contributed by atoms with Gasteiger partial charge in [-0.15, -0.1) is 0 Å². The zero-order valence-corrected chi connectivity index (χ0v) is 21.6. The summed E-state index contributed by atoms with van der Waals surface area (Å²) < 4.78 is 26.9. The normalized spacial score (nSPS) is 16.3. The molecule has 0 aromatic heterocycles. The average Bonchev–Trinajstić information content (AvgIpc) is 3.21. The van der Waals surface area contributed by atoms with Crippen LogP contribution in [0.15, 0.2) is 72.3 Å². The van der Waals surface area contributed by atoms with Gasteiger partial charge in [-0.1, -0.05) is 12.1 Å². The molecule has 1 aliphatic heterocycles. The number of aliphatic hydroxyl groups excluding tert-OH is 1. The van der Waals surface area contributed by atoms with Crippen LogP contribution in [-0.4, -0.2) is 63.3 Å². The van der Waals surface area contributed by atoms with E-state index in [1.807, 2.05) is 0 Å². The van der Waals surface area contributed by atoms with E-state index in [0.717, 1.165) is 0 Å². The molecule has 198 valence electrons. The molecule has 1 fully saturated rings. The van der Waals surface area contributed by atoms with Crippen LogP contribution in [0.4, 0.5) is 0 Å². The van der Waals surface area contributed by atoms with Crippen LogP contribution in [0.5, 0.6) is 28.7 Å². The SMILES string of the molecule is COc1ccc(OCCN2C(=O)C(=O)/C(=C(\O)c3ccc(OC)c(OC)c3)C2c2ccc(OC)cc2)cc1. The number of benzene rings is 3. The van der Waals surface area contributed by atoms with Crippen LogP contribution in [0.2, 0.25) is 0 Å². The number of Topliss-reactive ketones (excluding diaryl/α,β-unsaturated/α-hetero) is 1. The molecule has 3 aromatic carbocycles. The predicted molar refractivity (Wildman–Crippen MR) is 140 cm³/mol. The molecule has 1 saturated heterocycles. The first kappa shape index (κ1) is 26.4. The molecular weight excluding hydrogens is 490 g/mol. The highest BCUT2D eigenvalue weighted by atomic mass is 16.5. The zero-order valence-electron chi connectivity index (χ0n) is 21.6. The van der Waals surface area contributed by atoms with Gasteiger partial charge < -0.3 is 33.7 Å². The second-order valence-corrected chi connectivity index (χ2v) is 8.36. The van der Waals surface area contributed by atoms with Gasteiger partial charge >= 0.3 is 0 Å². The molecule has 0 spiro atoms. The van der Waals surface area contributed by atoms with E-state index in [4.69, 9.17) is 23.7 Å². The lowest BCUT2D eigenvalue weighted by Gasteiger charge is -2.25. The highest BCUT2D eigenvalue weighted by Crippen LogP contribution is 2.41. The average molecular weight is 520 g/mol. The van der Waals surface area contributed by atoms with Crippen molar-refractivity contribution in [1.82, 2.24) is 4.90 Å². The Morgan fingerprint density at radius 3 is 1.92 bits per heavy atom. The van der Waals surface area contributed by atoms with E-state index in [0.29, 0.717) is 39.9 Å². The lowest BCUT2D eigenvalue weighted by Crippen LogP contribution is -2.33. The summed E-state index contributed by atoms with van der Waals surface area (Å²) in [6, 6.07) is 18.0. The Labute approximate surface area is 220 Å². The topological polar surface area (TPSA) is 104 Å². The van der Waals surface area contributed by atoms with Crippen molar-refractivity contribution in [3.8, 4) is 28.7 Å². The maximum Gasteiger partial charge on any atom is 0.295 e. The molecule has 0 radical (unpaired) electrons. The number of ether oxygens (including phenoxy) is 5. The minimum absolute atomic E-state index is 0.0307. The largest absolute Gasteiger partial charge is 0.507 e. The second kappa shape index (κ2) is 11.6. The standard InChI is InChI=1S/C29H29NO8/c1-34-20-8-5-18(6-9-20)26-25(27(31)19-7-14-23(36-3)24(17-19)37-4)28(32)29(33)30(26)15-16-38-22-12-10-21(35-2)11-13-22/h5-14,17,26,31H,15-16H2,1-4H3/b27-25-. The molecule has 1 N–H and O–H groups in total. The van der Waals surface area contributed by atoms with Crippen molar-refractivity contribution in [2.45, 2.75) is 6.04 Å². The second-order valence-electron chi connectivity index (χ2n) is 8.36. The summed E-state index contributed by atoms with van der Waals surface area (Å²) in [5, 5.41) is 11.3. The van der Waals surface area contributed by atoms with E-state index >= 15 is 0 Å². The lowest BCUT2D eigenvalue weighted by molar-refractivity contribution is -0.140. The van der Waals surface area contributed by atoms with E-state index < -0.39 is 17.7 Å². The van der Waals surface area contributed by atoms with E-state index in [9.17, 15) is 14.7 Å². The van der Waals surface area contributed by atoms with E-state index in [2.05, 4.69) is 0 Å². The highest BCUT2D eigenvalue weighted by molar-refractivity contribution is 6.46. The summed E-state index contributed by atoms with van der Waals surface area (Å²) in [5.74, 6) is 0.906. The number of hydrogen-bond donors (Lipinski definition) is 1. The number of amides is 1. The Balaban J connectivity index is 1.70. The molecule has 0 bridgehead atoms. The van der Waals surface area contributed by atoms with Crippen LogP contribution in [0.3, 0.4) is 0 Å². The number of carbonyl (C=O) groups is 2. The number of carbonyl (C=O) groups excluding carboxylic acids is 2. The van der Waals surface area contributed by atoms with Crippen molar-refractivity contribution < 1.29 is 38.4 Å². The maximum atomic E-state index is 13.3. The summed E-state index contributed by atoms with van der Waals surface area (Å²) >= 11 is 0. The van der Waals surface area contributed by atoms with Gasteiger partial charge in [0.05, 0.1) is 46.6 Å². The number of ketones is 1. The monoisotopic (exact) mass is 519 g/mol. The van der Waals surface area contributed by atoms with Gasteiger partial charge in [-0.3, -0.25) is 9.59 Å². The Kier molecular flexibility index (Phi) is 8.06. The third-order valence-electron chi connectivity index (χ3n) is 6.29. The van der Waals surface area contributed by atoms with Crippen molar-refractivity contribution in [1.29, 1.82) is 0 Å². The number of methoxy groups -OCH3 is 4. The molecule has 1 heterocycles. The van der Waals surface area contributed by atoms with Gasteiger partial charge in [0.1, 0.15) is 29.6 Å². The van der Waals surface area contributed by atoms with E-state index in [1.165, 1.54) is 19.1 Å². The molecule has 9 nitrogen and oxygen atoms in total.